The predicted molar refractivity (Wildman–Crippen MR) is 63.4 cm³/mol. The molecule has 0 bridgehead atoms. The van der Waals surface area contributed by atoms with Gasteiger partial charge >= 0.3 is 11.9 Å². The van der Waals surface area contributed by atoms with Crippen LogP contribution in [0.15, 0.2) is 0 Å². The van der Waals surface area contributed by atoms with Crippen molar-refractivity contribution in [2.24, 2.45) is 5.92 Å². The van der Waals surface area contributed by atoms with Crippen LogP contribution in [0.3, 0.4) is 0 Å². The highest BCUT2D eigenvalue weighted by atomic mass is 16.6. The summed E-state index contributed by atoms with van der Waals surface area (Å²) in [5, 5.41) is 0. The third-order valence-corrected chi connectivity index (χ3v) is 3.05. The molecule has 0 aromatic rings. The van der Waals surface area contributed by atoms with Crippen LogP contribution < -0.4 is 0 Å². The van der Waals surface area contributed by atoms with Gasteiger partial charge in [0.2, 0.25) is 0 Å². The third kappa shape index (κ3) is 4.36. The number of carbonyl (C=O) groups excluding carboxylic acids is 2. The topological polar surface area (TPSA) is 52.6 Å². The second-order valence-corrected chi connectivity index (χ2v) is 4.44. The van der Waals surface area contributed by atoms with Crippen molar-refractivity contribution in [3.05, 3.63) is 0 Å². The Morgan fingerprint density at radius 2 is 2.12 bits per heavy atom. The Balaban J connectivity index is 2.34. The Bertz CT molecular complexity index is 262. The molecule has 2 atom stereocenters. The first-order valence-corrected chi connectivity index (χ1v) is 6.56. The number of hydrogen-bond donors (Lipinski definition) is 0. The molecule has 1 rings (SSSR count). The molecule has 0 spiro atoms. The molecule has 0 N–H and O–H groups in total. The van der Waals surface area contributed by atoms with Gasteiger partial charge in [0.05, 0.1) is 6.61 Å². The molecule has 4 heteroatoms. The van der Waals surface area contributed by atoms with E-state index in [9.17, 15) is 9.59 Å². The lowest BCUT2D eigenvalue weighted by Gasteiger charge is -2.26. The molecule has 0 aromatic heterocycles. The fourth-order valence-electron chi connectivity index (χ4n) is 2.06. The van der Waals surface area contributed by atoms with Crippen LogP contribution in [0.5, 0.6) is 0 Å². The summed E-state index contributed by atoms with van der Waals surface area (Å²) >= 11 is 0. The van der Waals surface area contributed by atoms with E-state index < -0.39 is 17.9 Å². The minimum atomic E-state index is -0.697. The highest BCUT2D eigenvalue weighted by Gasteiger charge is 2.35. The number of esters is 2. The number of unbranched alkanes of at least 4 members (excludes halogenated alkanes) is 2. The van der Waals surface area contributed by atoms with Crippen LogP contribution in [0.25, 0.3) is 0 Å². The smallest absolute Gasteiger partial charge is 0.320 e. The zero-order valence-corrected chi connectivity index (χ0v) is 10.7. The second kappa shape index (κ2) is 7.30. The molecule has 1 aliphatic rings. The van der Waals surface area contributed by atoms with Crippen molar-refractivity contribution in [1.29, 1.82) is 0 Å². The van der Waals surface area contributed by atoms with Gasteiger partial charge in [-0.3, -0.25) is 9.59 Å². The minimum Gasteiger partial charge on any atom is -0.465 e. The summed E-state index contributed by atoms with van der Waals surface area (Å²) < 4.78 is 10.1. The van der Waals surface area contributed by atoms with Crippen molar-refractivity contribution in [2.75, 3.05) is 6.61 Å². The molecule has 0 aromatic carbocycles. The zero-order valence-electron chi connectivity index (χ0n) is 10.7. The molecule has 1 fully saturated rings. The molecular formula is C13H22O4. The molecule has 0 amide bonds. The maximum atomic E-state index is 11.6. The van der Waals surface area contributed by atoms with Gasteiger partial charge in [0.1, 0.15) is 6.10 Å². The number of carbonyl (C=O) groups is 2. The maximum absolute atomic E-state index is 11.6. The summed E-state index contributed by atoms with van der Waals surface area (Å²) in [5.74, 6) is -1.54. The molecule has 0 saturated carbocycles. The van der Waals surface area contributed by atoms with Gasteiger partial charge in [0.15, 0.2) is 5.92 Å². The van der Waals surface area contributed by atoms with Gasteiger partial charge < -0.3 is 9.47 Å². The van der Waals surface area contributed by atoms with Gasteiger partial charge in [-0.15, -0.1) is 0 Å². The van der Waals surface area contributed by atoms with Crippen LogP contribution in [0, 0.1) is 5.92 Å². The number of rotatable bonds is 6. The fraction of sp³-hybridized carbons (Fsp3) is 0.846. The average molecular weight is 242 g/mol. The van der Waals surface area contributed by atoms with E-state index in [1.165, 1.54) is 0 Å². The van der Waals surface area contributed by atoms with Gasteiger partial charge in [0.25, 0.3) is 0 Å². The molecule has 17 heavy (non-hydrogen) atoms. The van der Waals surface area contributed by atoms with E-state index >= 15 is 0 Å². The number of ether oxygens (including phenoxy) is 2. The molecule has 2 unspecified atom stereocenters. The Morgan fingerprint density at radius 3 is 2.71 bits per heavy atom. The summed E-state index contributed by atoms with van der Waals surface area (Å²) in [6, 6.07) is 0. The lowest BCUT2D eigenvalue weighted by molar-refractivity contribution is -0.171. The highest BCUT2D eigenvalue weighted by molar-refractivity contribution is 5.95. The Morgan fingerprint density at radius 1 is 1.35 bits per heavy atom. The van der Waals surface area contributed by atoms with Crippen molar-refractivity contribution in [1.82, 2.24) is 0 Å². The monoisotopic (exact) mass is 242 g/mol. The van der Waals surface area contributed by atoms with E-state index in [1.54, 1.807) is 6.92 Å². The Labute approximate surface area is 103 Å². The highest BCUT2D eigenvalue weighted by Crippen LogP contribution is 2.24. The van der Waals surface area contributed by atoms with Crippen LogP contribution in [-0.2, 0) is 19.1 Å². The second-order valence-electron chi connectivity index (χ2n) is 4.44. The van der Waals surface area contributed by atoms with Crippen molar-refractivity contribution >= 4 is 11.9 Å². The lowest BCUT2D eigenvalue weighted by Crippen LogP contribution is -2.36. The van der Waals surface area contributed by atoms with Crippen LogP contribution in [0.1, 0.15) is 52.4 Å². The SMILES string of the molecule is CCCCCC1CCC(C(=O)OCC)C(=O)O1. The molecule has 4 nitrogen and oxygen atoms in total. The molecule has 1 saturated heterocycles. The van der Waals surface area contributed by atoms with E-state index in [0.29, 0.717) is 13.0 Å². The van der Waals surface area contributed by atoms with Crippen LogP contribution in [-0.4, -0.2) is 24.6 Å². The molecule has 0 radical (unpaired) electrons. The molecule has 1 heterocycles. The van der Waals surface area contributed by atoms with Crippen molar-refractivity contribution < 1.29 is 19.1 Å². The molecule has 98 valence electrons. The fourth-order valence-corrected chi connectivity index (χ4v) is 2.06. The van der Waals surface area contributed by atoms with E-state index in [4.69, 9.17) is 9.47 Å². The normalized spacial score (nSPS) is 24.2. The third-order valence-electron chi connectivity index (χ3n) is 3.05. The van der Waals surface area contributed by atoms with Gasteiger partial charge in [-0.25, -0.2) is 0 Å². The van der Waals surface area contributed by atoms with Crippen LogP contribution >= 0.6 is 0 Å². The summed E-state index contributed by atoms with van der Waals surface area (Å²) in [6.45, 7) is 4.19. The molecular weight excluding hydrogens is 220 g/mol. The first-order valence-electron chi connectivity index (χ1n) is 6.56. The van der Waals surface area contributed by atoms with Crippen molar-refractivity contribution in [3.8, 4) is 0 Å². The molecule has 1 aliphatic heterocycles. The average Bonchev–Trinajstić information content (AvgIpc) is 2.29. The van der Waals surface area contributed by atoms with E-state index in [0.717, 1.165) is 32.1 Å². The van der Waals surface area contributed by atoms with Crippen LogP contribution in [0.4, 0.5) is 0 Å². The van der Waals surface area contributed by atoms with Crippen molar-refractivity contribution in [3.63, 3.8) is 0 Å². The summed E-state index contributed by atoms with van der Waals surface area (Å²) in [6.07, 6.45) is 5.66. The van der Waals surface area contributed by atoms with Gasteiger partial charge in [-0.1, -0.05) is 19.8 Å². The van der Waals surface area contributed by atoms with Gasteiger partial charge in [0, 0.05) is 0 Å². The van der Waals surface area contributed by atoms with E-state index in [-0.39, 0.29) is 6.10 Å². The van der Waals surface area contributed by atoms with Gasteiger partial charge in [-0.05, 0) is 32.6 Å². The number of hydrogen-bond acceptors (Lipinski definition) is 4. The van der Waals surface area contributed by atoms with E-state index in [2.05, 4.69) is 6.92 Å². The maximum Gasteiger partial charge on any atom is 0.320 e. The Kier molecular flexibility index (Phi) is 6.01. The zero-order chi connectivity index (χ0) is 12.7. The predicted octanol–water partition coefficient (Wildman–Crippen LogP) is 2.45. The van der Waals surface area contributed by atoms with E-state index in [1.807, 2.05) is 0 Å². The quantitative estimate of drug-likeness (QED) is 0.408. The first-order chi connectivity index (χ1) is 8.19. The summed E-state index contributed by atoms with van der Waals surface area (Å²) in [5.41, 5.74) is 0. The Hall–Kier alpha value is -1.06. The van der Waals surface area contributed by atoms with Crippen LogP contribution in [0.2, 0.25) is 0 Å². The minimum absolute atomic E-state index is 0.000253. The number of cyclic esters (lactones) is 1. The first kappa shape index (κ1) is 14.0. The summed E-state index contributed by atoms with van der Waals surface area (Å²) in [4.78, 5) is 23.1. The summed E-state index contributed by atoms with van der Waals surface area (Å²) in [7, 11) is 0. The van der Waals surface area contributed by atoms with Crippen molar-refractivity contribution in [2.45, 2.75) is 58.5 Å². The largest absolute Gasteiger partial charge is 0.465 e. The van der Waals surface area contributed by atoms with Gasteiger partial charge in [-0.2, -0.15) is 0 Å². The lowest BCUT2D eigenvalue weighted by atomic mass is 9.95. The standard InChI is InChI=1S/C13H22O4/c1-3-5-6-7-10-8-9-11(13(15)17-10)12(14)16-4-2/h10-11H,3-9H2,1-2H3. The molecule has 0 aliphatic carbocycles.